The molecule has 0 aromatic heterocycles. The summed E-state index contributed by atoms with van der Waals surface area (Å²) in [4.78, 5) is 0. The number of nitrogens with one attached hydrogen (secondary N) is 1. The number of hydrogen-bond acceptors (Lipinski definition) is 2. The molecule has 2 N–H and O–H groups in total. The Morgan fingerprint density at radius 2 is 2.12 bits per heavy atom. The molecular formula is C4H9NO2S. The van der Waals surface area contributed by atoms with Crippen LogP contribution in [-0.4, -0.2) is 13.8 Å². The van der Waals surface area contributed by atoms with Crippen LogP contribution in [0.15, 0.2) is 0 Å². The molecular weight excluding hydrogens is 126 g/mol. The van der Waals surface area contributed by atoms with Crippen molar-refractivity contribution in [3.05, 3.63) is 0 Å². The fourth-order valence-electron chi connectivity index (χ4n) is 0.202. The molecule has 1 atom stereocenters. The molecule has 0 saturated heterocycles. The van der Waals surface area contributed by atoms with Gasteiger partial charge in [-0.1, -0.05) is 13.8 Å². The Kier molecular flexibility index (Phi) is 2.86. The third kappa shape index (κ3) is 2.18. The molecule has 4 heteroatoms. The summed E-state index contributed by atoms with van der Waals surface area (Å²) in [5.74, 6) is -0.124. The molecule has 0 amide bonds. The van der Waals surface area contributed by atoms with E-state index in [0.29, 0.717) is 0 Å². The predicted octanol–water partition coefficient (Wildman–Crippen LogP) is 0.841. The Morgan fingerprint density at radius 1 is 1.75 bits per heavy atom. The van der Waals surface area contributed by atoms with Crippen LogP contribution in [-0.2, 0) is 11.1 Å². The van der Waals surface area contributed by atoms with Crippen molar-refractivity contribution in [2.75, 3.05) is 0 Å². The Bertz CT molecular complexity index is 121. The van der Waals surface area contributed by atoms with Crippen LogP contribution in [0.25, 0.3) is 0 Å². The summed E-state index contributed by atoms with van der Waals surface area (Å²) in [6.07, 6.45) is 0. The molecule has 0 radical (unpaired) electrons. The van der Waals surface area contributed by atoms with Crippen molar-refractivity contribution in [2.24, 2.45) is 5.92 Å². The average molecular weight is 135 g/mol. The molecule has 0 rings (SSSR count). The molecule has 3 nitrogen and oxygen atoms in total. The summed E-state index contributed by atoms with van der Waals surface area (Å²) in [7, 11) is 0. The smallest absolute Gasteiger partial charge is 0.200 e. The third-order valence-corrected chi connectivity index (χ3v) is 1.56. The highest BCUT2D eigenvalue weighted by Crippen LogP contribution is 1.95. The Hall–Kier alpha value is -0.220. The molecule has 0 spiro atoms. The lowest BCUT2D eigenvalue weighted by molar-refractivity contribution is 0.574. The topological polar surface area (TPSA) is 61.2 Å². The van der Waals surface area contributed by atoms with E-state index in [-0.39, 0.29) is 11.0 Å². The predicted molar refractivity (Wildman–Crippen MR) is 33.3 cm³/mol. The van der Waals surface area contributed by atoms with E-state index < -0.39 is 11.1 Å². The molecule has 48 valence electrons. The lowest BCUT2D eigenvalue weighted by atomic mass is 10.2. The molecule has 0 aliphatic heterocycles. The lowest BCUT2D eigenvalue weighted by Gasteiger charge is -1.98. The first kappa shape index (κ1) is 7.78. The Morgan fingerprint density at radius 3 is 2.12 bits per heavy atom. The maximum atomic E-state index is 10.0. The summed E-state index contributed by atoms with van der Waals surface area (Å²) in [6.45, 7) is 3.41. The summed E-state index contributed by atoms with van der Waals surface area (Å²) < 4.78 is 18.3. The molecule has 0 aliphatic rings. The highest BCUT2D eigenvalue weighted by atomic mass is 32.2. The van der Waals surface area contributed by atoms with Crippen LogP contribution in [0.2, 0.25) is 0 Å². The SMILES string of the molecule is CC(C)C(=N)S(=O)O. The van der Waals surface area contributed by atoms with Gasteiger partial charge in [-0.15, -0.1) is 0 Å². The molecule has 0 aromatic rings. The van der Waals surface area contributed by atoms with Gasteiger partial charge in [-0.2, -0.15) is 0 Å². The van der Waals surface area contributed by atoms with E-state index in [1.165, 1.54) is 0 Å². The first-order chi connectivity index (χ1) is 3.55. The molecule has 0 heterocycles. The van der Waals surface area contributed by atoms with E-state index in [0.717, 1.165) is 0 Å². The molecule has 1 unspecified atom stereocenters. The Balaban J connectivity index is 3.84. The normalized spacial score (nSPS) is 14.0. The molecule has 8 heavy (non-hydrogen) atoms. The molecule has 0 aromatic carbocycles. The zero-order chi connectivity index (χ0) is 6.73. The van der Waals surface area contributed by atoms with Crippen molar-refractivity contribution in [1.82, 2.24) is 0 Å². The van der Waals surface area contributed by atoms with Crippen LogP contribution in [0.3, 0.4) is 0 Å². The van der Waals surface area contributed by atoms with Crippen LogP contribution in [0.4, 0.5) is 0 Å². The fourth-order valence-corrected chi connectivity index (χ4v) is 0.605. The summed E-state index contributed by atoms with van der Waals surface area (Å²) >= 11 is -2.06. The third-order valence-electron chi connectivity index (χ3n) is 0.713. The van der Waals surface area contributed by atoms with Crippen molar-refractivity contribution in [1.29, 1.82) is 5.41 Å². The van der Waals surface area contributed by atoms with Gasteiger partial charge in [0.15, 0.2) is 0 Å². The quantitative estimate of drug-likeness (QED) is 0.318. The zero-order valence-electron chi connectivity index (χ0n) is 4.84. The highest BCUT2D eigenvalue weighted by Gasteiger charge is 2.06. The fraction of sp³-hybridized carbons (Fsp3) is 0.750. The minimum absolute atomic E-state index is 0.120. The van der Waals surface area contributed by atoms with Gasteiger partial charge in [-0.25, -0.2) is 4.21 Å². The second-order valence-corrected chi connectivity index (χ2v) is 2.71. The van der Waals surface area contributed by atoms with Gasteiger partial charge < -0.3 is 4.55 Å². The largest absolute Gasteiger partial charge is 0.301 e. The van der Waals surface area contributed by atoms with E-state index in [9.17, 15) is 4.21 Å². The average Bonchev–Trinajstić information content (AvgIpc) is 1.64. The molecule has 0 fully saturated rings. The van der Waals surface area contributed by atoms with E-state index in [1.54, 1.807) is 13.8 Å². The maximum absolute atomic E-state index is 10.0. The van der Waals surface area contributed by atoms with Gasteiger partial charge in [-0.05, 0) is 0 Å². The van der Waals surface area contributed by atoms with Crippen molar-refractivity contribution < 1.29 is 8.76 Å². The van der Waals surface area contributed by atoms with Crippen molar-refractivity contribution in [3.8, 4) is 0 Å². The summed E-state index contributed by atoms with van der Waals surface area (Å²) in [6, 6.07) is 0. The number of hydrogen-bond donors (Lipinski definition) is 2. The van der Waals surface area contributed by atoms with Crippen LogP contribution >= 0.6 is 0 Å². The minimum atomic E-state index is -2.06. The first-order valence-corrected chi connectivity index (χ1v) is 3.35. The van der Waals surface area contributed by atoms with Gasteiger partial charge in [0.2, 0.25) is 11.1 Å². The van der Waals surface area contributed by atoms with Crippen LogP contribution in [0.1, 0.15) is 13.8 Å². The number of rotatable bonds is 1. The molecule has 0 aliphatic carbocycles. The maximum Gasteiger partial charge on any atom is 0.200 e. The van der Waals surface area contributed by atoms with Crippen LogP contribution in [0.5, 0.6) is 0 Å². The highest BCUT2D eigenvalue weighted by molar-refractivity contribution is 7.95. The van der Waals surface area contributed by atoms with Crippen LogP contribution in [0, 0.1) is 11.3 Å². The molecule has 0 bridgehead atoms. The monoisotopic (exact) mass is 135 g/mol. The minimum Gasteiger partial charge on any atom is -0.301 e. The van der Waals surface area contributed by atoms with E-state index in [1.807, 2.05) is 0 Å². The second-order valence-electron chi connectivity index (χ2n) is 1.77. The van der Waals surface area contributed by atoms with Gasteiger partial charge in [0.05, 0.1) is 0 Å². The summed E-state index contributed by atoms with van der Waals surface area (Å²) in [5, 5.41) is 6.73. The van der Waals surface area contributed by atoms with Gasteiger partial charge in [0, 0.05) is 5.92 Å². The van der Waals surface area contributed by atoms with Gasteiger partial charge in [0.25, 0.3) is 0 Å². The van der Waals surface area contributed by atoms with Crippen molar-refractivity contribution in [2.45, 2.75) is 13.8 Å². The van der Waals surface area contributed by atoms with E-state index in [4.69, 9.17) is 9.96 Å². The van der Waals surface area contributed by atoms with Crippen molar-refractivity contribution >= 4 is 16.1 Å². The van der Waals surface area contributed by atoms with Crippen LogP contribution < -0.4 is 0 Å². The van der Waals surface area contributed by atoms with Gasteiger partial charge in [0.1, 0.15) is 5.04 Å². The lowest BCUT2D eigenvalue weighted by Crippen LogP contribution is -2.11. The zero-order valence-corrected chi connectivity index (χ0v) is 5.66. The van der Waals surface area contributed by atoms with Crippen molar-refractivity contribution in [3.63, 3.8) is 0 Å². The van der Waals surface area contributed by atoms with E-state index in [2.05, 4.69) is 0 Å². The van der Waals surface area contributed by atoms with Gasteiger partial charge in [-0.3, -0.25) is 5.41 Å². The first-order valence-electron chi connectivity index (χ1n) is 2.25. The van der Waals surface area contributed by atoms with Gasteiger partial charge >= 0.3 is 0 Å². The molecule has 0 saturated carbocycles. The summed E-state index contributed by atoms with van der Waals surface area (Å²) in [5.41, 5.74) is 0. The second kappa shape index (κ2) is 2.94. The standard InChI is InChI=1S/C4H9NO2S/c1-3(2)4(5)8(6)7/h3,5H,1-2H3,(H,6,7). The Labute approximate surface area is 50.9 Å². The van der Waals surface area contributed by atoms with E-state index >= 15 is 0 Å².